The molecule has 1 aromatic carbocycles. The van der Waals surface area contributed by atoms with Crippen molar-refractivity contribution in [1.29, 1.82) is 5.26 Å². The summed E-state index contributed by atoms with van der Waals surface area (Å²) in [6.07, 6.45) is 2.76. The maximum absolute atomic E-state index is 9.32. The van der Waals surface area contributed by atoms with Crippen LogP contribution in [0.4, 0.5) is 0 Å². The van der Waals surface area contributed by atoms with E-state index in [0.29, 0.717) is 18.0 Å². The van der Waals surface area contributed by atoms with Gasteiger partial charge in [-0.15, -0.1) is 0 Å². The van der Waals surface area contributed by atoms with Gasteiger partial charge < -0.3 is 4.57 Å². The highest BCUT2D eigenvalue weighted by molar-refractivity contribution is 5.72. The molecule has 0 radical (unpaired) electrons. The Morgan fingerprint density at radius 2 is 2.04 bits per heavy atom. The van der Waals surface area contributed by atoms with E-state index in [1.807, 2.05) is 37.4 Å². The molecule has 0 fully saturated rings. The van der Waals surface area contributed by atoms with Gasteiger partial charge in [-0.3, -0.25) is 0 Å². The van der Waals surface area contributed by atoms with Crippen molar-refractivity contribution >= 4 is 11.2 Å². The fourth-order valence-electron chi connectivity index (χ4n) is 2.78. The monoisotopic (exact) mass is 304 g/mol. The molecule has 3 rings (SSSR count). The van der Waals surface area contributed by atoms with Crippen LogP contribution < -0.4 is 0 Å². The normalized spacial score (nSPS) is 11.1. The van der Waals surface area contributed by atoms with Crippen LogP contribution in [0.3, 0.4) is 0 Å². The number of nitrogens with zero attached hydrogens (tertiary/aromatic N) is 4. The number of rotatable bonds is 4. The Morgan fingerprint density at radius 3 is 2.78 bits per heavy atom. The van der Waals surface area contributed by atoms with Crippen molar-refractivity contribution in [2.24, 2.45) is 5.92 Å². The fourth-order valence-corrected chi connectivity index (χ4v) is 2.78. The van der Waals surface area contributed by atoms with Crippen LogP contribution in [0, 0.1) is 24.2 Å². The molecule has 0 bridgehead atoms. The number of aryl methyl sites for hydroxylation is 1. The highest BCUT2D eigenvalue weighted by Gasteiger charge is 2.15. The predicted octanol–water partition coefficient (Wildman–Crippen LogP) is 3.86. The second-order valence-electron chi connectivity index (χ2n) is 6.34. The first-order valence-corrected chi connectivity index (χ1v) is 7.88. The zero-order valence-electron chi connectivity index (χ0n) is 13.7. The summed E-state index contributed by atoms with van der Waals surface area (Å²) in [5.41, 5.74) is 4.63. The molecule has 0 atom stereocenters. The molecule has 3 aromatic rings. The predicted molar refractivity (Wildman–Crippen MR) is 91.1 cm³/mol. The Balaban J connectivity index is 2.12. The van der Waals surface area contributed by atoms with Crippen molar-refractivity contribution in [1.82, 2.24) is 14.5 Å². The summed E-state index contributed by atoms with van der Waals surface area (Å²) in [6, 6.07) is 12.1. The fraction of sp³-hybridized carbons (Fsp3) is 0.316. The maximum Gasteiger partial charge on any atom is 0.160 e. The molecular formula is C19H20N4. The molecule has 0 saturated heterocycles. The molecule has 0 saturated carbocycles. The Bertz CT molecular complexity index is 884. The van der Waals surface area contributed by atoms with Crippen LogP contribution in [0.1, 0.15) is 36.4 Å². The van der Waals surface area contributed by atoms with Gasteiger partial charge in [0.2, 0.25) is 0 Å². The van der Waals surface area contributed by atoms with Gasteiger partial charge in [0, 0.05) is 12.6 Å². The van der Waals surface area contributed by atoms with E-state index in [9.17, 15) is 5.26 Å². The van der Waals surface area contributed by atoms with Crippen LogP contribution in [-0.2, 0) is 13.0 Å². The summed E-state index contributed by atoms with van der Waals surface area (Å²) < 4.78 is 2.14. The smallest absolute Gasteiger partial charge is 0.160 e. The lowest BCUT2D eigenvalue weighted by Gasteiger charge is -2.11. The van der Waals surface area contributed by atoms with E-state index in [4.69, 9.17) is 4.98 Å². The number of imidazole rings is 1. The van der Waals surface area contributed by atoms with Crippen molar-refractivity contribution in [3.8, 4) is 6.07 Å². The number of pyridine rings is 1. The number of hydrogen-bond donors (Lipinski definition) is 0. The van der Waals surface area contributed by atoms with Crippen LogP contribution in [0.5, 0.6) is 0 Å². The summed E-state index contributed by atoms with van der Waals surface area (Å²) in [6.45, 7) is 7.02. The maximum atomic E-state index is 9.32. The van der Waals surface area contributed by atoms with E-state index in [1.165, 1.54) is 0 Å². The molecule has 4 heteroatoms. The van der Waals surface area contributed by atoms with Crippen LogP contribution >= 0.6 is 0 Å². The lowest BCUT2D eigenvalue weighted by atomic mass is 10.1. The van der Waals surface area contributed by atoms with Gasteiger partial charge in [0.1, 0.15) is 11.3 Å². The zero-order chi connectivity index (χ0) is 16.4. The van der Waals surface area contributed by atoms with Gasteiger partial charge >= 0.3 is 0 Å². The molecular weight excluding hydrogens is 284 g/mol. The number of benzene rings is 1. The zero-order valence-corrected chi connectivity index (χ0v) is 13.7. The molecule has 2 heterocycles. The Kier molecular flexibility index (Phi) is 4.12. The standard InChI is InChI=1S/C19H20N4/c1-13(2)8-18-22-17-9-14(3)11-21-19(17)23(18)12-16-7-5-4-6-15(16)10-20/h4-7,9,11,13H,8,12H2,1-3H3. The lowest BCUT2D eigenvalue weighted by Crippen LogP contribution is -2.09. The molecule has 116 valence electrons. The van der Waals surface area contributed by atoms with Crippen molar-refractivity contribution < 1.29 is 0 Å². The van der Waals surface area contributed by atoms with Crippen molar-refractivity contribution in [2.75, 3.05) is 0 Å². The third-order valence-electron chi connectivity index (χ3n) is 3.86. The van der Waals surface area contributed by atoms with Crippen molar-refractivity contribution in [2.45, 2.75) is 33.7 Å². The summed E-state index contributed by atoms with van der Waals surface area (Å²) in [4.78, 5) is 9.36. The van der Waals surface area contributed by atoms with E-state index < -0.39 is 0 Å². The van der Waals surface area contributed by atoms with E-state index >= 15 is 0 Å². The van der Waals surface area contributed by atoms with Gasteiger partial charge in [0.05, 0.1) is 18.2 Å². The quantitative estimate of drug-likeness (QED) is 0.735. The minimum Gasteiger partial charge on any atom is -0.308 e. The summed E-state index contributed by atoms with van der Waals surface area (Å²) in [7, 11) is 0. The summed E-state index contributed by atoms with van der Waals surface area (Å²) in [5.74, 6) is 1.54. The largest absolute Gasteiger partial charge is 0.308 e. The minimum absolute atomic E-state index is 0.512. The molecule has 23 heavy (non-hydrogen) atoms. The molecule has 4 nitrogen and oxygen atoms in total. The molecule has 0 N–H and O–H groups in total. The number of nitriles is 1. The summed E-state index contributed by atoms with van der Waals surface area (Å²) >= 11 is 0. The van der Waals surface area contributed by atoms with Gasteiger partial charge in [-0.25, -0.2) is 9.97 Å². The molecule has 0 unspecified atom stereocenters. The lowest BCUT2D eigenvalue weighted by molar-refractivity contribution is 0.594. The highest BCUT2D eigenvalue weighted by atomic mass is 15.1. The van der Waals surface area contributed by atoms with Crippen molar-refractivity contribution in [3.05, 3.63) is 59.0 Å². The second kappa shape index (κ2) is 6.21. The van der Waals surface area contributed by atoms with Crippen LogP contribution in [0.25, 0.3) is 11.2 Å². The molecule has 0 aliphatic heterocycles. The van der Waals surface area contributed by atoms with Gasteiger partial charge in [-0.1, -0.05) is 32.0 Å². The van der Waals surface area contributed by atoms with Crippen LogP contribution in [0.2, 0.25) is 0 Å². The Labute approximate surface area is 136 Å². The minimum atomic E-state index is 0.512. The molecule has 0 spiro atoms. The number of hydrogen-bond acceptors (Lipinski definition) is 3. The molecule has 2 aromatic heterocycles. The highest BCUT2D eigenvalue weighted by Crippen LogP contribution is 2.20. The first kappa shape index (κ1) is 15.2. The third-order valence-corrected chi connectivity index (χ3v) is 3.86. The Morgan fingerprint density at radius 1 is 1.26 bits per heavy atom. The van der Waals surface area contributed by atoms with Gasteiger partial charge in [0.25, 0.3) is 0 Å². The van der Waals surface area contributed by atoms with E-state index in [1.54, 1.807) is 0 Å². The van der Waals surface area contributed by atoms with Crippen LogP contribution in [0.15, 0.2) is 36.5 Å². The summed E-state index contributed by atoms with van der Waals surface area (Å²) in [5, 5.41) is 9.32. The third kappa shape index (κ3) is 3.09. The van der Waals surface area contributed by atoms with Gasteiger partial charge in [0.15, 0.2) is 5.65 Å². The first-order valence-electron chi connectivity index (χ1n) is 7.88. The van der Waals surface area contributed by atoms with Gasteiger partial charge in [-0.05, 0) is 36.1 Å². The van der Waals surface area contributed by atoms with E-state index in [2.05, 4.69) is 35.5 Å². The van der Waals surface area contributed by atoms with E-state index in [0.717, 1.165) is 34.5 Å². The first-order chi connectivity index (χ1) is 11.1. The SMILES string of the molecule is Cc1cnc2c(c1)nc(CC(C)C)n2Cc1ccccc1C#N. The Hall–Kier alpha value is -2.67. The molecule has 0 amide bonds. The topological polar surface area (TPSA) is 54.5 Å². The second-order valence-corrected chi connectivity index (χ2v) is 6.34. The average Bonchev–Trinajstić information content (AvgIpc) is 2.83. The molecule has 0 aliphatic carbocycles. The van der Waals surface area contributed by atoms with E-state index in [-0.39, 0.29) is 0 Å². The number of fused-ring (bicyclic) bond motifs is 1. The van der Waals surface area contributed by atoms with Crippen LogP contribution in [-0.4, -0.2) is 14.5 Å². The number of aromatic nitrogens is 3. The van der Waals surface area contributed by atoms with Crippen molar-refractivity contribution in [3.63, 3.8) is 0 Å². The molecule has 0 aliphatic rings. The average molecular weight is 304 g/mol. The van der Waals surface area contributed by atoms with Gasteiger partial charge in [-0.2, -0.15) is 5.26 Å².